The molecule has 182 valence electrons. The molecule has 5 rings (SSSR count). The number of fused-ring (bicyclic) bond motifs is 3. The number of nitrogens with one attached hydrogen (secondary N) is 1. The third-order valence-corrected chi connectivity index (χ3v) is 6.92. The number of hydrogen-bond acceptors (Lipinski definition) is 4. The summed E-state index contributed by atoms with van der Waals surface area (Å²) >= 11 is 1.05. The van der Waals surface area contributed by atoms with Crippen LogP contribution < -0.4 is 9.64 Å². The second-order valence-electron chi connectivity index (χ2n) is 9.34. The number of hydrogen-bond donors (Lipinski definition) is 1. The fourth-order valence-corrected chi connectivity index (χ4v) is 5.30. The number of halogens is 3. The highest BCUT2D eigenvalue weighted by atomic mass is 127. The molecule has 35 heavy (non-hydrogen) atoms. The average molecular weight is 589 g/mol. The zero-order valence-electron chi connectivity index (χ0n) is 19.5. The Balaban J connectivity index is 1.45. The topological polar surface area (TPSA) is 58.2 Å². The number of alkyl halides is 3. The van der Waals surface area contributed by atoms with Crippen LogP contribution in [0.1, 0.15) is 47.7 Å². The molecule has 2 heterocycles. The Kier molecular flexibility index (Phi) is 6.41. The standard InChI is InChI=1S/C27H26F2IN3O2/c1-16(2)33-24-5-3-4-20(24)21-13-18(14-22(26(21)33)23-10-11-31-32-23)25(34)12-17-6-8-19(9-7-17)35-15-27(28,29)30/h3,5-11,13-14,16,20,24H,4,12,15H2,1-2H3,(H,31,32). The Morgan fingerprint density at radius 3 is 2.69 bits per heavy atom. The van der Waals surface area contributed by atoms with Crippen LogP contribution in [0.15, 0.2) is 60.8 Å². The number of aromatic amines is 1. The number of allylic oxidation sites excluding steroid dienone is 1. The van der Waals surface area contributed by atoms with Gasteiger partial charge in [0.1, 0.15) is 5.75 Å². The van der Waals surface area contributed by atoms with Crippen LogP contribution in [0.3, 0.4) is 0 Å². The van der Waals surface area contributed by atoms with Crippen molar-refractivity contribution in [3.63, 3.8) is 0 Å². The summed E-state index contributed by atoms with van der Waals surface area (Å²) < 4.78 is 28.3. The third kappa shape index (κ3) is 4.85. The van der Waals surface area contributed by atoms with Gasteiger partial charge in [-0.1, -0.05) is 24.3 Å². The Bertz CT molecular complexity index is 1250. The zero-order valence-corrected chi connectivity index (χ0v) is 21.6. The van der Waals surface area contributed by atoms with Gasteiger partial charge in [0.25, 0.3) is 0 Å². The summed E-state index contributed by atoms with van der Waals surface area (Å²) in [7, 11) is 0. The number of ketones is 1. The molecule has 5 nitrogen and oxygen atoms in total. The molecule has 0 radical (unpaired) electrons. The second-order valence-corrected chi connectivity index (χ2v) is 10.9. The van der Waals surface area contributed by atoms with Gasteiger partial charge in [-0.3, -0.25) is 9.89 Å². The molecule has 1 aliphatic heterocycles. The maximum atomic E-state index is 13.4. The molecule has 0 saturated carbocycles. The predicted molar refractivity (Wildman–Crippen MR) is 141 cm³/mol. The number of anilines is 1. The van der Waals surface area contributed by atoms with Crippen LogP contribution >= 0.6 is 22.6 Å². The van der Waals surface area contributed by atoms with E-state index >= 15 is 0 Å². The number of ether oxygens (including phenoxy) is 1. The van der Waals surface area contributed by atoms with E-state index in [1.807, 2.05) is 12.1 Å². The van der Waals surface area contributed by atoms with Crippen molar-refractivity contribution in [2.75, 3.05) is 11.5 Å². The number of rotatable bonds is 8. The lowest BCUT2D eigenvalue weighted by Crippen LogP contribution is -2.37. The molecule has 0 amide bonds. The van der Waals surface area contributed by atoms with Crippen LogP contribution in [0.4, 0.5) is 14.5 Å². The molecular weight excluding hydrogens is 563 g/mol. The molecule has 1 aromatic heterocycles. The van der Waals surface area contributed by atoms with Crippen LogP contribution in [0, 0.1) is 0 Å². The summed E-state index contributed by atoms with van der Waals surface area (Å²) in [6.45, 7) is 3.70. The molecule has 0 spiro atoms. The molecule has 0 saturated heterocycles. The van der Waals surface area contributed by atoms with Gasteiger partial charge in [-0.2, -0.15) is 13.9 Å². The van der Waals surface area contributed by atoms with Crippen molar-refractivity contribution in [2.45, 2.75) is 48.6 Å². The Labute approximate surface area is 216 Å². The first-order valence-corrected chi connectivity index (χ1v) is 12.7. The molecule has 8 heteroatoms. The summed E-state index contributed by atoms with van der Waals surface area (Å²) in [5.41, 5.74) is 5.72. The quantitative estimate of drug-likeness (QED) is 0.140. The highest BCUT2D eigenvalue weighted by molar-refractivity contribution is 14.1. The first-order valence-electron chi connectivity index (χ1n) is 11.7. The minimum atomic E-state index is -2.93. The van der Waals surface area contributed by atoms with Crippen LogP contribution in [0.25, 0.3) is 11.3 Å². The molecule has 2 atom stereocenters. The van der Waals surface area contributed by atoms with Gasteiger partial charge in [0.2, 0.25) is 0 Å². The van der Waals surface area contributed by atoms with E-state index in [9.17, 15) is 13.6 Å². The summed E-state index contributed by atoms with van der Waals surface area (Å²) in [6.07, 6.45) is 7.40. The zero-order chi connectivity index (χ0) is 24.7. The molecule has 2 unspecified atom stereocenters. The van der Waals surface area contributed by atoms with Crippen molar-refractivity contribution < 1.29 is 18.3 Å². The molecule has 3 aromatic rings. The fraction of sp³-hybridized carbons (Fsp3) is 0.333. The minimum absolute atomic E-state index is 0.00605. The van der Waals surface area contributed by atoms with E-state index in [1.165, 1.54) is 11.3 Å². The van der Waals surface area contributed by atoms with Crippen molar-refractivity contribution in [2.24, 2.45) is 0 Å². The lowest BCUT2D eigenvalue weighted by molar-refractivity contribution is 0.0647. The van der Waals surface area contributed by atoms with Gasteiger partial charge in [-0.05, 0) is 61.7 Å². The molecular formula is C27H26F2IN3O2. The first kappa shape index (κ1) is 24.0. The summed E-state index contributed by atoms with van der Waals surface area (Å²) in [5, 5.41) is 7.22. The number of nitrogens with zero attached hydrogens (tertiary/aromatic N) is 2. The predicted octanol–water partition coefficient (Wildman–Crippen LogP) is 6.55. The minimum Gasteiger partial charge on any atom is -0.486 e. The third-order valence-electron chi connectivity index (χ3n) is 6.61. The monoisotopic (exact) mass is 589 g/mol. The summed E-state index contributed by atoms with van der Waals surface area (Å²) in [6, 6.07) is 13.3. The summed E-state index contributed by atoms with van der Waals surface area (Å²) in [4.78, 5) is 15.8. The number of Topliss-reactive ketones (excluding diaryl/α,β-unsaturated/α-hetero) is 1. The van der Waals surface area contributed by atoms with E-state index in [0.717, 1.165) is 45.8 Å². The molecule has 1 N–H and O–H groups in total. The Morgan fingerprint density at radius 2 is 2.03 bits per heavy atom. The molecule has 0 fully saturated rings. The lowest BCUT2D eigenvalue weighted by atomic mass is 9.90. The molecule has 2 aliphatic rings. The van der Waals surface area contributed by atoms with E-state index in [2.05, 4.69) is 47.2 Å². The maximum absolute atomic E-state index is 13.4. The number of carbonyl (C=O) groups excluding carboxylic acids is 1. The highest BCUT2D eigenvalue weighted by Gasteiger charge is 2.42. The number of carbonyl (C=O) groups is 1. The van der Waals surface area contributed by atoms with Gasteiger partial charge in [0.05, 0.1) is 17.4 Å². The first-order chi connectivity index (χ1) is 16.7. The van der Waals surface area contributed by atoms with E-state index < -0.39 is 10.5 Å². The van der Waals surface area contributed by atoms with Gasteiger partial charge in [0, 0.05) is 58.3 Å². The van der Waals surface area contributed by atoms with Crippen LogP contribution in [-0.2, 0) is 6.42 Å². The van der Waals surface area contributed by atoms with Gasteiger partial charge in [-0.15, -0.1) is 0 Å². The van der Waals surface area contributed by atoms with Crippen LogP contribution in [-0.4, -0.2) is 38.6 Å². The van der Waals surface area contributed by atoms with E-state index in [1.54, 1.807) is 30.5 Å². The SMILES string of the molecule is CC(C)N1c2c(-c3ccn[nH]3)cc(C(=O)Cc3ccc(OCC(F)(F)I)cc3)cc2C2CC=CC21. The highest BCUT2D eigenvalue weighted by Crippen LogP contribution is 2.51. The van der Waals surface area contributed by atoms with Gasteiger partial charge in [-0.25, -0.2) is 0 Å². The van der Waals surface area contributed by atoms with Crippen molar-refractivity contribution >= 4 is 34.1 Å². The maximum Gasteiger partial charge on any atom is 0.329 e. The molecule has 1 aliphatic carbocycles. The van der Waals surface area contributed by atoms with E-state index in [-0.39, 0.29) is 12.2 Å². The van der Waals surface area contributed by atoms with Crippen molar-refractivity contribution in [1.29, 1.82) is 0 Å². The fourth-order valence-electron chi connectivity index (χ4n) is 5.14. The Morgan fingerprint density at radius 1 is 1.26 bits per heavy atom. The van der Waals surface area contributed by atoms with E-state index in [0.29, 0.717) is 29.3 Å². The smallest absolute Gasteiger partial charge is 0.329 e. The normalized spacial score (nSPS) is 18.7. The largest absolute Gasteiger partial charge is 0.486 e. The van der Waals surface area contributed by atoms with Crippen LogP contribution in [0.2, 0.25) is 0 Å². The van der Waals surface area contributed by atoms with Gasteiger partial charge in [0.15, 0.2) is 12.4 Å². The lowest BCUT2D eigenvalue weighted by Gasteiger charge is -2.31. The summed E-state index contributed by atoms with van der Waals surface area (Å²) in [5.74, 6) is 0.686. The van der Waals surface area contributed by atoms with Crippen molar-refractivity contribution in [3.05, 3.63) is 77.5 Å². The Hall–Kier alpha value is -2.75. The van der Waals surface area contributed by atoms with Gasteiger partial charge >= 0.3 is 3.93 Å². The van der Waals surface area contributed by atoms with Crippen molar-refractivity contribution in [1.82, 2.24) is 10.2 Å². The van der Waals surface area contributed by atoms with Gasteiger partial charge < -0.3 is 9.64 Å². The molecule has 0 bridgehead atoms. The van der Waals surface area contributed by atoms with Crippen molar-refractivity contribution in [3.8, 4) is 17.0 Å². The average Bonchev–Trinajstić information content (AvgIpc) is 3.55. The second kappa shape index (κ2) is 9.37. The van der Waals surface area contributed by atoms with E-state index in [4.69, 9.17) is 4.74 Å². The number of H-pyrrole nitrogens is 1. The molecule has 2 aromatic carbocycles. The van der Waals surface area contributed by atoms with Crippen LogP contribution in [0.5, 0.6) is 5.75 Å². The number of aromatic nitrogens is 2. The number of benzene rings is 2.